The molecule has 4 rings (SSSR count). The van der Waals surface area contributed by atoms with Crippen molar-refractivity contribution in [3.8, 4) is 23.4 Å². The van der Waals surface area contributed by atoms with Crippen LogP contribution in [0, 0.1) is 22.7 Å². The first-order valence-corrected chi connectivity index (χ1v) is 12.4. The minimum Gasteiger partial charge on any atom is -0.316 e. The number of nitrogens with one attached hydrogen (secondary N) is 2. The topological polar surface area (TPSA) is 122 Å². The number of hydrogen-bond acceptors (Lipinski definition) is 7. The van der Waals surface area contributed by atoms with Crippen LogP contribution in [-0.4, -0.2) is 21.1 Å². The number of benzene rings is 1. The van der Waals surface area contributed by atoms with Gasteiger partial charge in [0.25, 0.3) is 5.56 Å². The quantitative estimate of drug-likeness (QED) is 0.396. The smallest absolute Gasteiger partial charge is 0.270 e. The van der Waals surface area contributed by atoms with E-state index in [-0.39, 0.29) is 22.3 Å². The number of nitrogens with zero attached hydrogens (tertiary/aromatic N) is 3. The van der Waals surface area contributed by atoms with Gasteiger partial charge in [0.15, 0.2) is 5.16 Å². The molecule has 2 aromatic heterocycles. The fourth-order valence-electron chi connectivity index (χ4n) is 3.84. The lowest BCUT2D eigenvalue weighted by molar-refractivity contribution is -0.115. The number of aryl methyl sites for hydroxylation is 1. The molecule has 3 aromatic rings. The van der Waals surface area contributed by atoms with Crippen LogP contribution in [0.15, 0.2) is 40.3 Å². The van der Waals surface area contributed by atoms with Gasteiger partial charge in [-0.15, -0.1) is 11.3 Å². The van der Waals surface area contributed by atoms with Gasteiger partial charge in [0, 0.05) is 10.4 Å². The van der Waals surface area contributed by atoms with Crippen LogP contribution in [0.5, 0.6) is 0 Å². The van der Waals surface area contributed by atoms with Gasteiger partial charge < -0.3 is 10.3 Å². The van der Waals surface area contributed by atoms with Gasteiger partial charge in [-0.2, -0.15) is 10.5 Å². The zero-order chi connectivity index (χ0) is 23.4. The van der Waals surface area contributed by atoms with Crippen LogP contribution in [0.3, 0.4) is 0 Å². The predicted octanol–water partition coefficient (Wildman–Crippen LogP) is 4.63. The summed E-state index contributed by atoms with van der Waals surface area (Å²) in [7, 11) is 0. The predicted molar refractivity (Wildman–Crippen MR) is 129 cm³/mol. The fraction of sp³-hybridized carbons (Fsp3) is 0.292. The van der Waals surface area contributed by atoms with Gasteiger partial charge in [-0.1, -0.05) is 49.0 Å². The molecule has 33 heavy (non-hydrogen) atoms. The Hall–Kier alpha value is -3.40. The summed E-state index contributed by atoms with van der Waals surface area (Å²) in [6, 6.07) is 13.2. The molecule has 2 N–H and O–H groups in total. The Balaban J connectivity index is 1.60. The molecule has 0 bridgehead atoms. The van der Waals surface area contributed by atoms with Crippen molar-refractivity contribution in [1.82, 2.24) is 9.97 Å². The monoisotopic (exact) mass is 475 g/mol. The van der Waals surface area contributed by atoms with Crippen LogP contribution in [0.1, 0.15) is 47.8 Å². The van der Waals surface area contributed by atoms with E-state index in [1.54, 1.807) is 12.1 Å². The van der Waals surface area contributed by atoms with Gasteiger partial charge in [-0.3, -0.25) is 9.59 Å². The van der Waals surface area contributed by atoms with Gasteiger partial charge >= 0.3 is 0 Å². The standard InChI is InChI=1S/C24H21N5O2S2/c1-2-18(22(31)28-23-16(12-25)15-10-6-7-11-19(15)32-23)33-24-27-20(14-8-4-3-5-9-14)17(13-26)21(30)29-24/h3-5,8-9,18H,2,6-7,10-11H2,1H3,(H,28,31)(H,27,29,30)/t18-/m1/s1. The van der Waals surface area contributed by atoms with Crippen LogP contribution in [0.2, 0.25) is 0 Å². The van der Waals surface area contributed by atoms with Gasteiger partial charge in [0.2, 0.25) is 5.91 Å². The van der Waals surface area contributed by atoms with Gasteiger partial charge in [-0.05, 0) is 37.7 Å². The third-order valence-electron chi connectivity index (χ3n) is 5.49. The summed E-state index contributed by atoms with van der Waals surface area (Å²) in [5, 5.41) is 22.4. The third kappa shape index (κ3) is 4.70. The highest BCUT2D eigenvalue weighted by Gasteiger charge is 2.26. The summed E-state index contributed by atoms with van der Waals surface area (Å²) in [5.74, 6) is -0.245. The Morgan fingerprint density at radius 1 is 1.21 bits per heavy atom. The molecule has 0 fully saturated rings. The lowest BCUT2D eigenvalue weighted by Crippen LogP contribution is -2.25. The fourth-order valence-corrected chi connectivity index (χ4v) is 5.98. The summed E-state index contributed by atoms with van der Waals surface area (Å²) in [4.78, 5) is 33.9. The molecule has 0 radical (unpaired) electrons. The molecule has 2 heterocycles. The molecule has 7 nitrogen and oxygen atoms in total. The van der Waals surface area contributed by atoms with E-state index in [0.29, 0.717) is 22.5 Å². The second-order valence-corrected chi connectivity index (χ2v) is 9.90. The number of thiophene rings is 1. The van der Waals surface area contributed by atoms with Crippen molar-refractivity contribution in [2.24, 2.45) is 0 Å². The van der Waals surface area contributed by atoms with Crippen molar-refractivity contribution in [2.75, 3.05) is 5.32 Å². The number of carbonyl (C=O) groups is 1. The number of fused-ring (bicyclic) bond motifs is 1. The Labute approximate surface area is 199 Å². The van der Waals surface area contributed by atoms with E-state index in [1.807, 2.05) is 31.2 Å². The Bertz CT molecular complexity index is 1330. The first-order chi connectivity index (χ1) is 16.0. The Morgan fingerprint density at radius 2 is 1.94 bits per heavy atom. The van der Waals surface area contributed by atoms with E-state index in [4.69, 9.17) is 0 Å². The third-order valence-corrected chi connectivity index (χ3v) is 7.95. The number of thioether (sulfide) groups is 1. The molecule has 0 unspecified atom stereocenters. The number of aromatic amines is 1. The molecule has 1 aliphatic carbocycles. The molecule has 9 heteroatoms. The minimum absolute atomic E-state index is 0.0640. The van der Waals surface area contributed by atoms with Gasteiger partial charge in [-0.25, -0.2) is 4.98 Å². The largest absolute Gasteiger partial charge is 0.316 e. The maximum Gasteiger partial charge on any atom is 0.270 e. The average molecular weight is 476 g/mol. The van der Waals surface area contributed by atoms with Crippen LogP contribution >= 0.6 is 23.1 Å². The summed E-state index contributed by atoms with van der Waals surface area (Å²) in [6.45, 7) is 1.88. The first kappa shape index (κ1) is 22.8. The lowest BCUT2D eigenvalue weighted by atomic mass is 9.96. The number of amides is 1. The van der Waals surface area contributed by atoms with Crippen LogP contribution < -0.4 is 10.9 Å². The Kier molecular flexibility index (Phi) is 6.93. The zero-order valence-electron chi connectivity index (χ0n) is 18.0. The maximum absolute atomic E-state index is 13.1. The molecule has 166 valence electrons. The van der Waals surface area contributed by atoms with Crippen LogP contribution in [0.25, 0.3) is 11.3 Å². The van der Waals surface area contributed by atoms with Gasteiger partial charge in [0.1, 0.15) is 22.7 Å². The van der Waals surface area contributed by atoms with Crippen molar-refractivity contribution in [3.05, 3.63) is 62.3 Å². The maximum atomic E-state index is 13.1. The summed E-state index contributed by atoms with van der Waals surface area (Å²) < 4.78 is 0. The number of H-pyrrole nitrogens is 1. The normalized spacial score (nSPS) is 13.4. The van der Waals surface area contributed by atoms with Gasteiger partial charge in [0.05, 0.1) is 16.5 Å². The highest BCUT2D eigenvalue weighted by molar-refractivity contribution is 8.00. The van der Waals surface area contributed by atoms with Crippen molar-refractivity contribution in [1.29, 1.82) is 10.5 Å². The molecule has 1 aliphatic rings. The number of rotatable bonds is 6. The van der Waals surface area contributed by atoms with Crippen molar-refractivity contribution >= 4 is 34.0 Å². The molecule has 0 spiro atoms. The van der Waals surface area contributed by atoms with E-state index in [0.717, 1.165) is 43.0 Å². The highest BCUT2D eigenvalue weighted by Crippen LogP contribution is 2.38. The molecule has 0 aliphatic heterocycles. The van der Waals surface area contributed by atoms with E-state index in [2.05, 4.69) is 21.4 Å². The SMILES string of the molecule is CC[C@@H](Sc1nc(-c2ccccc2)c(C#N)c(=O)[nH]1)C(=O)Nc1sc2c(c1C#N)CCCC2. The molecular formula is C24H21N5O2S2. The molecular weight excluding hydrogens is 454 g/mol. The molecule has 1 aromatic carbocycles. The average Bonchev–Trinajstić information content (AvgIpc) is 3.19. The van der Waals surface area contributed by atoms with Crippen LogP contribution in [0.4, 0.5) is 5.00 Å². The Morgan fingerprint density at radius 3 is 2.64 bits per heavy atom. The van der Waals surface area contributed by atoms with Crippen molar-refractivity contribution in [2.45, 2.75) is 49.4 Å². The molecule has 0 saturated carbocycles. The molecule has 0 saturated heterocycles. The summed E-state index contributed by atoms with van der Waals surface area (Å²) in [5.41, 5.74) is 1.97. The van der Waals surface area contributed by atoms with E-state index in [1.165, 1.54) is 16.2 Å². The number of anilines is 1. The second-order valence-electron chi connectivity index (χ2n) is 7.60. The summed E-state index contributed by atoms with van der Waals surface area (Å²) >= 11 is 2.62. The number of carbonyl (C=O) groups excluding carboxylic acids is 1. The van der Waals surface area contributed by atoms with Crippen LogP contribution in [-0.2, 0) is 17.6 Å². The number of nitriles is 2. The van der Waals surface area contributed by atoms with E-state index >= 15 is 0 Å². The van der Waals surface area contributed by atoms with E-state index in [9.17, 15) is 20.1 Å². The van der Waals surface area contributed by atoms with Crippen molar-refractivity contribution < 1.29 is 4.79 Å². The molecule has 1 atom stereocenters. The molecule has 1 amide bonds. The minimum atomic E-state index is -0.540. The number of aromatic nitrogens is 2. The lowest BCUT2D eigenvalue weighted by Gasteiger charge is -2.14. The first-order valence-electron chi connectivity index (χ1n) is 10.7. The second kappa shape index (κ2) is 10.0. The van der Waals surface area contributed by atoms with E-state index < -0.39 is 10.8 Å². The number of hydrogen-bond donors (Lipinski definition) is 2. The van der Waals surface area contributed by atoms with Crippen molar-refractivity contribution in [3.63, 3.8) is 0 Å². The summed E-state index contributed by atoms with van der Waals surface area (Å²) in [6.07, 6.45) is 4.46. The zero-order valence-corrected chi connectivity index (χ0v) is 19.6. The highest BCUT2D eigenvalue weighted by atomic mass is 32.2.